The molecule has 6 atom stereocenters. The predicted molar refractivity (Wildman–Crippen MR) is 302 cm³/mol. The van der Waals surface area contributed by atoms with Gasteiger partial charge in [0, 0.05) is 83.7 Å². The van der Waals surface area contributed by atoms with E-state index in [4.69, 9.17) is 28.8 Å². The van der Waals surface area contributed by atoms with Crippen LogP contribution in [0.25, 0.3) is 0 Å². The van der Waals surface area contributed by atoms with Gasteiger partial charge in [-0.1, -0.05) is 43.7 Å². The van der Waals surface area contributed by atoms with E-state index in [0.717, 1.165) is 18.4 Å². The van der Waals surface area contributed by atoms with Gasteiger partial charge in [0.05, 0.1) is 48.9 Å². The first-order chi connectivity index (χ1) is 39.9. The number of aromatic nitrogens is 5. The van der Waals surface area contributed by atoms with Crippen molar-refractivity contribution in [2.45, 2.75) is 122 Å². The number of anilines is 2. The van der Waals surface area contributed by atoms with Crippen LogP contribution in [0.4, 0.5) is 11.4 Å². The Balaban J connectivity index is 0.867. The quantitative estimate of drug-likeness (QED) is 0.0165. The van der Waals surface area contributed by atoms with Crippen LogP contribution in [0, 0.1) is 5.92 Å². The van der Waals surface area contributed by atoms with Crippen molar-refractivity contribution >= 4 is 53.2 Å². The van der Waals surface area contributed by atoms with E-state index in [0.29, 0.717) is 110 Å². The number of nitrogens with zero attached hydrogens (tertiary/aromatic N) is 6. The number of benzene rings is 2. The van der Waals surface area contributed by atoms with E-state index in [2.05, 4.69) is 52.0 Å². The fraction of sp³-hybridized carbons (Fsp3) is 0.475. The molecule has 3 aromatic heterocycles. The zero-order chi connectivity index (χ0) is 59.3. The number of nitrogens with one attached hydrogen (secondary N) is 4. The van der Waals surface area contributed by atoms with Crippen molar-refractivity contribution in [3.8, 4) is 17.2 Å². The summed E-state index contributed by atoms with van der Waals surface area (Å²) in [7, 11) is 4.81. The number of unbranched alkanes of at least 4 members (excludes halogenated alkanes) is 2. The Kier molecular flexibility index (Phi) is 20.6. The summed E-state index contributed by atoms with van der Waals surface area (Å²) in [5.41, 5.74) is 3.65. The molecule has 3 unspecified atom stereocenters. The normalized spacial score (nSPS) is 18.7. The molecule has 0 bridgehead atoms. The number of ether oxygens (including phenoxy) is 5. The van der Waals surface area contributed by atoms with Crippen LogP contribution in [0.5, 0.6) is 17.2 Å². The molecule has 24 heteroatoms. The van der Waals surface area contributed by atoms with Gasteiger partial charge in [0.1, 0.15) is 36.1 Å². The van der Waals surface area contributed by atoms with Crippen LogP contribution in [0.3, 0.4) is 0 Å². The average molecular weight is 1150 g/mol. The van der Waals surface area contributed by atoms with Crippen molar-refractivity contribution in [2.24, 2.45) is 20.0 Å². The molecule has 24 nitrogen and oxygen atoms in total. The van der Waals surface area contributed by atoms with E-state index in [9.17, 15) is 38.7 Å². The van der Waals surface area contributed by atoms with Gasteiger partial charge in [0.2, 0.25) is 6.29 Å². The second-order valence-electron chi connectivity index (χ2n) is 21.4. The summed E-state index contributed by atoms with van der Waals surface area (Å²) in [6.07, 6.45) is 7.76. The van der Waals surface area contributed by atoms with Gasteiger partial charge in [-0.15, -0.1) is 5.10 Å². The van der Waals surface area contributed by atoms with Crippen LogP contribution in [0.15, 0.2) is 73.2 Å². The lowest BCUT2D eigenvalue weighted by atomic mass is 9.89. The molecule has 83 heavy (non-hydrogen) atoms. The SMILES string of the molecule is C=C1CC2CC(C(=O)OCc3ccc(O[C@H]4C[C@@H](O)C[C@@H](C=O)O4)c(C(=O)NCCC(C)CC)c3)c3cc(OCCCCCn4cc(C(=O)Nc5cc(C(=O)Nc6cc(C(=O)NCCCO)n(C)c6)n(C)c5)nn4)c(OC)cc3C(=O)N2C1. The minimum Gasteiger partial charge on any atom is -0.493 e. The first-order valence-electron chi connectivity index (χ1n) is 28.1. The summed E-state index contributed by atoms with van der Waals surface area (Å²) < 4.78 is 34.6. The summed E-state index contributed by atoms with van der Waals surface area (Å²) >= 11 is 0. The second-order valence-corrected chi connectivity index (χ2v) is 21.4. The van der Waals surface area contributed by atoms with Crippen molar-refractivity contribution in [1.29, 1.82) is 0 Å². The van der Waals surface area contributed by atoms with Crippen LogP contribution in [0.2, 0.25) is 0 Å². The molecular formula is C59H74N10O14. The minimum absolute atomic E-state index is 0.0482. The highest BCUT2D eigenvalue weighted by Gasteiger charge is 2.42. The highest BCUT2D eigenvalue weighted by molar-refractivity contribution is 6.07. The average Bonchev–Trinajstić information content (AvgIpc) is 3.94. The monoisotopic (exact) mass is 1150 g/mol. The van der Waals surface area contributed by atoms with Gasteiger partial charge in [-0.05, 0) is 98.4 Å². The highest BCUT2D eigenvalue weighted by Crippen LogP contribution is 2.43. The number of esters is 1. The third-order valence-electron chi connectivity index (χ3n) is 15.0. The van der Waals surface area contributed by atoms with Crippen molar-refractivity contribution < 1.29 is 67.5 Å². The zero-order valence-corrected chi connectivity index (χ0v) is 47.5. The first kappa shape index (κ1) is 60.7. The van der Waals surface area contributed by atoms with Gasteiger partial charge >= 0.3 is 5.97 Å². The van der Waals surface area contributed by atoms with Crippen molar-refractivity contribution in [3.63, 3.8) is 0 Å². The standard InChI is InChI=1S/C59H74N10O14/c1-7-35(2)14-16-61-54(73)46-21-37(12-13-50(46)83-53-26-41(72)25-42(33-71)82-53)34-81-59(78)45-24-40-20-36(3)29-69(40)58(77)44-28-51(79-6)52(27-43(44)45)80-19-10-8-9-17-68-32-47(64-65-68)55(74)62-38-23-49(67(5)30-38)57(76)63-39-22-48(66(4)31-39)56(75)60-15-11-18-70/h12-13,21-23,27-28,30-33,35,40-42,45,53,70,72H,3,7-11,14-20,24-26,29,34H2,1-2,4-6H3,(H,60,75)(H,61,73)(H,62,74)(H,63,76)/t35?,40?,41-,42-,45?,53-/m0/s1. The smallest absolute Gasteiger partial charge is 0.313 e. The third kappa shape index (κ3) is 15.4. The van der Waals surface area contributed by atoms with Gasteiger partial charge in [-0.25, -0.2) is 0 Å². The van der Waals surface area contributed by atoms with E-state index in [-0.39, 0.29) is 85.2 Å². The van der Waals surface area contributed by atoms with Crippen LogP contribution in [0.1, 0.15) is 147 Å². The van der Waals surface area contributed by atoms with Crippen molar-refractivity contribution in [3.05, 3.63) is 113 Å². The lowest BCUT2D eigenvalue weighted by molar-refractivity contribution is -0.176. The largest absolute Gasteiger partial charge is 0.493 e. The summed E-state index contributed by atoms with van der Waals surface area (Å²) in [6, 6.07) is 10.9. The molecule has 8 rings (SSSR count). The van der Waals surface area contributed by atoms with Crippen LogP contribution >= 0.6 is 0 Å². The third-order valence-corrected chi connectivity index (χ3v) is 15.0. The number of carbonyl (C=O) groups is 7. The van der Waals surface area contributed by atoms with Gasteiger partial charge in [0.25, 0.3) is 29.5 Å². The summed E-state index contributed by atoms with van der Waals surface area (Å²) in [6.45, 7) is 9.85. The topological polar surface area (TPSA) is 298 Å². The Bertz CT molecular complexity index is 3180. The minimum atomic E-state index is -0.986. The Labute approximate surface area is 480 Å². The maximum atomic E-state index is 14.4. The molecule has 6 N–H and O–H groups in total. The Hall–Kier alpha value is -8.35. The number of hydrogen-bond donors (Lipinski definition) is 6. The molecule has 0 radical (unpaired) electrons. The molecule has 2 saturated heterocycles. The van der Waals surface area contributed by atoms with Gasteiger partial charge in [0.15, 0.2) is 17.2 Å². The van der Waals surface area contributed by atoms with Crippen LogP contribution < -0.4 is 35.5 Å². The zero-order valence-electron chi connectivity index (χ0n) is 47.5. The van der Waals surface area contributed by atoms with E-state index >= 15 is 0 Å². The number of rotatable bonds is 27. The molecule has 5 amide bonds. The van der Waals surface area contributed by atoms with E-state index in [1.807, 2.05) is 0 Å². The molecule has 3 aliphatic heterocycles. The lowest BCUT2D eigenvalue weighted by Gasteiger charge is -2.31. The molecule has 5 aromatic rings. The Morgan fingerprint density at radius 1 is 0.867 bits per heavy atom. The van der Waals surface area contributed by atoms with Crippen LogP contribution in [-0.4, -0.2) is 146 Å². The fourth-order valence-corrected chi connectivity index (χ4v) is 10.3. The number of hydrogen-bond acceptors (Lipinski definition) is 16. The molecule has 0 saturated carbocycles. The number of amides is 5. The highest BCUT2D eigenvalue weighted by atomic mass is 16.7. The Morgan fingerprint density at radius 3 is 2.33 bits per heavy atom. The maximum absolute atomic E-state index is 14.4. The number of aliphatic hydroxyl groups excluding tert-OH is 2. The molecule has 2 aromatic carbocycles. The molecular weight excluding hydrogens is 1070 g/mol. The maximum Gasteiger partial charge on any atom is 0.313 e. The van der Waals surface area contributed by atoms with Gasteiger partial charge in [-0.2, -0.15) is 0 Å². The predicted octanol–water partition coefficient (Wildman–Crippen LogP) is 5.44. The molecule has 444 valence electrons. The molecule has 6 heterocycles. The number of aryl methyl sites for hydroxylation is 3. The molecule has 0 aliphatic carbocycles. The van der Waals surface area contributed by atoms with Gasteiger partial charge in [-0.3, -0.25) is 33.4 Å². The van der Waals surface area contributed by atoms with Crippen molar-refractivity contribution in [1.82, 2.24) is 39.7 Å². The first-order valence-corrected chi connectivity index (χ1v) is 28.1. The summed E-state index contributed by atoms with van der Waals surface area (Å²) in [5, 5.41) is 38.8. The lowest BCUT2D eigenvalue weighted by Crippen LogP contribution is -2.39. The number of methoxy groups -OCH3 is 1. The number of aliphatic hydroxyl groups is 2. The molecule has 3 aliphatic rings. The van der Waals surface area contributed by atoms with E-state index < -0.39 is 48.1 Å². The number of aldehydes is 1. The van der Waals surface area contributed by atoms with Crippen molar-refractivity contribution in [2.75, 3.05) is 50.6 Å². The Morgan fingerprint density at radius 2 is 1.60 bits per heavy atom. The number of fused-ring (bicyclic) bond motifs is 2. The molecule has 2 fully saturated rings. The molecule has 0 spiro atoms. The number of carbonyl (C=O) groups excluding carboxylic acids is 7. The van der Waals surface area contributed by atoms with E-state index in [1.54, 1.807) is 81.6 Å². The van der Waals surface area contributed by atoms with Gasteiger partial charge < -0.3 is 74.0 Å². The summed E-state index contributed by atoms with van der Waals surface area (Å²) in [5.74, 6) is -2.26. The fourth-order valence-electron chi connectivity index (χ4n) is 10.3. The van der Waals surface area contributed by atoms with E-state index in [1.165, 1.54) is 19.4 Å². The van der Waals surface area contributed by atoms with Crippen LogP contribution in [-0.2, 0) is 46.3 Å². The summed E-state index contributed by atoms with van der Waals surface area (Å²) in [4.78, 5) is 94.6. The second kappa shape index (κ2) is 28.1.